The topological polar surface area (TPSA) is 132 Å². The summed E-state index contributed by atoms with van der Waals surface area (Å²) < 4.78 is 50.7. The highest BCUT2D eigenvalue weighted by Crippen LogP contribution is 2.38. The summed E-state index contributed by atoms with van der Waals surface area (Å²) in [5, 5.41) is 18.2. The molecule has 2 heterocycles. The molecule has 0 radical (unpaired) electrons. The quantitative estimate of drug-likeness (QED) is 0.244. The molecule has 0 spiro atoms. The lowest BCUT2D eigenvalue weighted by molar-refractivity contribution is -0.138. The monoisotopic (exact) mass is 611 g/mol. The maximum absolute atomic E-state index is 13.9. The average molecular weight is 612 g/mol. The minimum Gasteiger partial charge on any atom is -0.493 e. The summed E-state index contributed by atoms with van der Waals surface area (Å²) in [6.45, 7) is -0.525. The molecule has 0 unspecified atom stereocenters. The second kappa shape index (κ2) is 13.2. The van der Waals surface area contributed by atoms with Crippen LogP contribution in [-0.4, -0.2) is 65.4 Å². The highest BCUT2D eigenvalue weighted by Gasteiger charge is 2.40. The van der Waals surface area contributed by atoms with Crippen LogP contribution in [0.3, 0.4) is 0 Å². The zero-order valence-corrected chi connectivity index (χ0v) is 23.7. The third-order valence-corrected chi connectivity index (χ3v) is 7.32. The Labute approximate surface area is 251 Å². The minimum atomic E-state index is -2.95. The Kier molecular flexibility index (Phi) is 9.17. The van der Waals surface area contributed by atoms with Gasteiger partial charge in [-0.15, -0.1) is 0 Å². The molecule has 0 atom stereocenters. The highest BCUT2D eigenvalue weighted by molar-refractivity contribution is 5.96. The van der Waals surface area contributed by atoms with Gasteiger partial charge in [0, 0.05) is 36.9 Å². The smallest absolute Gasteiger partial charge is 0.303 e. The molecule has 3 aromatic carbocycles. The molecule has 3 aromatic rings. The molecule has 1 fully saturated rings. The van der Waals surface area contributed by atoms with Crippen molar-refractivity contribution in [3.63, 3.8) is 0 Å². The number of carboxylic acid groups (broad SMARTS) is 2. The van der Waals surface area contributed by atoms with Gasteiger partial charge >= 0.3 is 11.9 Å². The van der Waals surface area contributed by atoms with Crippen molar-refractivity contribution in [3.8, 4) is 34.1 Å². The van der Waals surface area contributed by atoms with Gasteiger partial charge in [-0.2, -0.15) is 0 Å². The molecule has 0 bridgehead atoms. The number of alkyl halides is 2. The van der Waals surface area contributed by atoms with Crippen LogP contribution in [0.25, 0.3) is 11.1 Å². The number of carboxylic acids is 2. The van der Waals surface area contributed by atoms with Crippen molar-refractivity contribution in [1.82, 2.24) is 4.90 Å². The SMILES string of the molecule is O=C(O)CCCOc1cccc(COc2cc(C(=O)N3CCC(F)(F)C3)cc(-c3ccc4c(c3)OCO4)c2)c1CCC(=O)O. The largest absolute Gasteiger partial charge is 0.493 e. The maximum atomic E-state index is 13.9. The molecule has 0 saturated carbocycles. The third-order valence-electron chi connectivity index (χ3n) is 7.32. The van der Waals surface area contributed by atoms with Crippen molar-refractivity contribution >= 4 is 17.8 Å². The number of rotatable bonds is 13. The van der Waals surface area contributed by atoms with Gasteiger partial charge in [0.15, 0.2) is 11.5 Å². The fourth-order valence-electron chi connectivity index (χ4n) is 5.10. The first-order valence-corrected chi connectivity index (χ1v) is 14.1. The van der Waals surface area contributed by atoms with Crippen LogP contribution in [-0.2, 0) is 22.6 Å². The number of fused-ring (bicyclic) bond motifs is 1. The van der Waals surface area contributed by atoms with E-state index in [1.165, 1.54) is 6.07 Å². The molecule has 1 saturated heterocycles. The zero-order valence-electron chi connectivity index (χ0n) is 23.7. The standard InChI is InChI=1S/C32H31F2NO9/c33-32(34)10-11-35(18-32)31(40)23-13-22(20-6-8-27-28(16-20)44-19-43-27)14-24(15-23)42-17-21-3-1-4-26(25(21)7-9-30(38)39)41-12-2-5-29(36)37/h1,3-4,6,8,13-16H,2,5,7,9-12,17-19H2,(H,36,37)(H,38,39). The molecule has 10 nitrogen and oxygen atoms in total. The first kappa shape index (κ1) is 30.6. The summed E-state index contributed by atoms with van der Waals surface area (Å²) in [6.07, 6.45) is -0.212. The van der Waals surface area contributed by atoms with Gasteiger partial charge in [-0.05, 0) is 65.9 Å². The molecule has 12 heteroatoms. The number of likely N-dealkylation sites (tertiary alicyclic amines) is 1. The molecule has 2 aliphatic heterocycles. The van der Waals surface area contributed by atoms with Crippen LogP contribution >= 0.6 is 0 Å². The van der Waals surface area contributed by atoms with Gasteiger partial charge in [-0.1, -0.05) is 18.2 Å². The van der Waals surface area contributed by atoms with Crippen molar-refractivity contribution in [2.75, 3.05) is 26.5 Å². The van der Waals surface area contributed by atoms with Crippen molar-refractivity contribution in [1.29, 1.82) is 0 Å². The van der Waals surface area contributed by atoms with E-state index in [4.69, 9.17) is 24.1 Å². The van der Waals surface area contributed by atoms with E-state index in [2.05, 4.69) is 0 Å². The Morgan fingerprint density at radius 1 is 0.909 bits per heavy atom. The lowest BCUT2D eigenvalue weighted by atomic mass is 10.0. The van der Waals surface area contributed by atoms with E-state index in [1.807, 2.05) is 0 Å². The minimum absolute atomic E-state index is 0.0126. The summed E-state index contributed by atoms with van der Waals surface area (Å²) in [5.41, 5.74) is 2.71. The van der Waals surface area contributed by atoms with Crippen LogP contribution in [0.2, 0.25) is 0 Å². The summed E-state index contributed by atoms with van der Waals surface area (Å²) in [7, 11) is 0. The highest BCUT2D eigenvalue weighted by atomic mass is 19.3. The fourth-order valence-corrected chi connectivity index (χ4v) is 5.10. The van der Waals surface area contributed by atoms with Crippen LogP contribution in [0.1, 0.15) is 47.2 Å². The van der Waals surface area contributed by atoms with E-state index in [0.717, 1.165) is 4.90 Å². The molecular weight excluding hydrogens is 580 g/mol. The van der Waals surface area contributed by atoms with E-state index < -0.39 is 36.7 Å². The molecule has 2 aliphatic rings. The lowest BCUT2D eigenvalue weighted by Gasteiger charge is -2.19. The molecule has 0 aromatic heterocycles. The van der Waals surface area contributed by atoms with Crippen LogP contribution in [0.15, 0.2) is 54.6 Å². The van der Waals surface area contributed by atoms with Crippen molar-refractivity contribution in [2.24, 2.45) is 0 Å². The van der Waals surface area contributed by atoms with Crippen molar-refractivity contribution in [2.45, 2.75) is 44.6 Å². The van der Waals surface area contributed by atoms with E-state index in [1.54, 1.807) is 48.5 Å². The predicted molar refractivity (Wildman–Crippen MR) is 153 cm³/mol. The normalized spacial score (nSPS) is 14.8. The molecule has 232 valence electrons. The summed E-state index contributed by atoms with van der Waals surface area (Å²) in [4.78, 5) is 36.7. The predicted octanol–water partition coefficient (Wildman–Crippen LogP) is 5.40. The number of hydrogen-bond donors (Lipinski definition) is 2. The van der Waals surface area contributed by atoms with E-state index in [-0.39, 0.29) is 57.8 Å². The second-order valence-electron chi connectivity index (χ2n) is 10.6. The Morgan fingerprint density at radius 3 is 2.45 bits per heavy atom. The lowest BCUT2D eigenvalue weighted by Crippen LogP contribution is -2.31. The number of ether oxygens (including phenoxy) is 4. The number of aliphatic carboxylic acids is 2. The third kappa shape index (κ3) is 7.55. The van der Waals surface area contributed by atoms with Crippen molar-refractivity contribution < 1.29 is 52.3 Å². The Balaban J connectivity index is 1.43. The van der Waals surface area contributed by atoms with Gasteiger partial charge < -0.3 is 34.1 Å². The molecular formula is C32H31F2NO9. The van der Waals surface area contributed by atoms with Crippen molar-refractivity contribution in [3.05, 3.63) is 71.3 Å². The first-order chi connectivity index (χ1) is 21.1. The average Bonchev–Trinajstić information content (AvgIpc) is 3.62. The molecule has 0 aliphatic carbocycles. The Hall–Kier alpha value is -4.87. The number of carbonyl (C=O) groups excluding carboxylic acids is 1. The van der Waals surface area contributed by atoms with Gasteiger partial charge in [0.1, 0.15) is 18.1 Å². The molecule has 44 heavy (non-hydrogen) atoms. The second-order valence-corrected chi connectivity index (χ2v) is 10.6. The Bertz CT molecular complexity index is 1560. The number of benzene rings is 3. The molecule has 5 rings (SSSR count). The van der Waals surface area contributed by atoms with Gasteiger partial charge in [0.25, 0.3) is 11.8 Å². The van der Waals surface area contributed by atoms with Gasteiger partial charge in [-0.3, -0.25) is 14.4 Å². The number of carbonyl (C=O) groups is 3. The van der Waals surface area contributed by atoms with E-state index in [9.17, 15) is 28.3 Å². The number of nitrogens with zero attached hydrogens (tertiary/aromatic N) is 1. The fraction of sp³-hybridized carbons (Fsp3) is 0.344. The summed E-state index contributed by atoms with van der Waals surface area (Å²) in [6, 6.07) is 15.3. The number of amides is 1. The van der Waals surface area contributed by atoms with Gasteiger partial charge in [0.2, 0.25) is 6.79 Å². The van der Waals surface area contributed by atoms with E-state index in [0.29, 0.717) is 45.3 Å². The zero-order chi connectivity index (χ0) is 31.3. The van der Waals surface area contributed by atoms with E-state index >= 15 is 0 Å². The molecule has 2 N–H and O–H groups in total. The molecule has 1 amide bonds. The number of halogens is 2. The number of hydrogen-bond acceptors (Lipinski definition) is 7. The van der Waals surface area contributed by atoms with Crippen LogP contribution in [0.4, 0.5) is 8.78 Å². The summed E-state index contributed by atoms with van der Waals surface area (Å²) in [5.74, 6) is -3.60. The Morgan fingerprint density at radius 2 is 1.70 bits per heavy atom. The van der Waals surface area contributed by atoms with Gasteiger partial charge in [0.05, 0.1) is 13.2 Å². The summed E-state index contributed by atoms with van der Waals surface area (Å²) >= 11 is 0. The maximum Gasteiger partial charge on any atom is 0.303 e. The first-order valence-electron chi connectivity index (χ1n) is 14.1. The van der Waals surface area contributed by atoms with Crippen LogP contribution in [0.5, 0.6) is 23.0 Å². The van der Waals surface area contributed by atoms with Gasteiger partial charge in [-0.25, -0.2) is 8.78 Å². The van der Waals surface area contributed by atoms with Crippen LogP contribution in [0, 0.1) is 0 Å². The van der Waals surface area contributed by atoms with Crippen LogP contribution < -0.4 is 18.9 Å².